The SMILES string of the molecule is CC1CCc2ccc(F)c(F)c21.CCC. The monoisotopic (exact) mass is 212 g/mol. The van der Waals surface area contributed by atoms with Gasteiger partial charge in [0.2, 0.25) is 0 Å². The zero-order valence-electron chi connectivity index (χ0n) is 9.61. The van der Waals surface area contributed by atoms with E-state index in [4.69, 9.17) is 0 Å². The van der Waals surface area contributed by atoms with Crippen molar-refractivity contribution in [1.82, 2.24) is 0 Å². The molecule has 0 aromatic heterocycles. The molecule has 0 nitrogen and oxygen atoms in total. The second-order valence-electron chi connectivity index (χ2n) is 4.08. The summed E-state index contributed by atoms with van der Waals surface area (Å²) in [4.78, 5) is 0. The fourth-order valence-corrected chi connectivity index (χ4v) is 1.87. The molecule has 0 N–H and O–H groups in total. The molecule has 1 aliphatic carbocycles. The second-order valence-corrected chi connectivity index (χ2v) is 4.08. The molecule has 0 aliphatic heterocycles. The molecular formula is C13H18F2. The Hall–Kier alpha value is -0.920. The zero-order chi connectivity index (χ0) is 11.4. The molecule has 1 aromatic carbocycles. The first-order chi connectivity index (χ1) is 7.11. The molecule has 84 valence electrons. The quantitative estimate of drug-likeness (QED) is 0.596. The van der Waals surface area contributed by atoms with Crippen LogP contribution in [0.2, 0.25) is 0 Å². The van der Waals surface area contributed by atoms with Gasteiger partial charge in [-0.05, 0) is 36.0 Å². The molecule has 0 fully saturated rings. The van der Waals surface area contributed by atoms with Gasteiger partial charge in [0.05, 0.1) is 0 Å². The van der Waals surface area contributed by atoms with E-state index in [1.54, 1.807) is 6.07 Å². The van der Waals surface area contributed by atoms with Crippen molar-refractivity contribution in [3.05, 3.63) is 34.9 Å². The Labute approximate surface area is 90.3 Å². The first kappa shape index (κ1) is 12.2. The lowest BCUT2D eigenvalue weighted by atomic mass is 10.0. The molecule has 15 heavy (non-hydrogen) atoms. The summed E-state index contributed by atoms with van der Waals surface area (Å²) in [6, 6.07) is 2.91. The van der Waals surface area contributed by atoms with Crippen molar-refractivity contribution >= 4 is 0 Å². The summed E-state index contributed by atoms with van der Waals surface area (Å²) in [5.74, 6) is -1.18. The van der Waals surface area contributed by atoms with Crippen LogP contribution in [0.1, 0.15) is 50.7 Å². The summed E-state index contributed by atoms with van der Waals surface area (Å²) < 4.78 is 26.0. The van der Waals surface area contributed by atoms with E-state index >= 15 is 0 Å². The third-order valence-corrected chi connectivity index (χ3v) is 2.56. The second kappa shape index (κ2) is 5.24. The number of rotatable bonds is 0. The molecule has 1 atom stereocenters. The molecule has 1 aliphatic rings. The molecule has 2 heteroatoms. The highest BCUT2D eigenvalue weighted by atomic mass is 19.2. The van der Waals surface area contributed by atoms with Gasteiger partial charge in [0, 0.05) is 0 Å². The Balaban J connectivity index is 0.000000337. The molecular weight excluding hydrogens is 194 g/mol. The summed E-state index contributed by atoms with van der Waals surface area (Å²) in [5, 5.41) is 0. The zero-order valence-corrected chi connectivity index (χ0v) is 9.61. The van der Waals surface area contributed by atoms with E-state index in [9.17, 15) is 8.78 Å². The Morgan fingerprint density at radius 2 is 1.87 bits per heavy atom. The van der Waals surface area contributed by atoms with Crippen LogP contribution in [0.4, 0.5) is 8.78 Å². The fourth-order valence-electron chi connectivity index (χ4n) is 1.87. The van der Waals surface area contributed by atoms with Crippen molar-refractivity contribution in [2.45, 2.75) is 46.0 Å². The predicted octanol–water partition coefficient (Wildman–Crippen LogP) is 4.43. The molecule has 0 saturated heterocycles. The molecule has 0 amide bonds. The summed E-state index contributed by atoms with van der Waals surface area (Å²) >= 11 is 0. The van der Waals surface area contributed by atoms with Crippen molar-refractivity contribution in [3.8, 4) is 0 Å². The minimum atomic E-state index is -0.720. The lowest BCUT2D eigenvalue weighted by Gasteiger charge is -2.05. The van der Waals surface area contributed by atoms with Crippen LogP contribution in [-0.2, 0) is 6.42 Å². The number of aryl methyl sites for hydroxylation is 1. The maximum Gasteiger partial charge on any atom is 0.162 e. The molecule has 0 saturated carbocycles. The van der Waals surface area contributed by atoms with E-state index in [0.717, 1.165) is 18.4 Å². The summed E-state index contributed by atoms with van der Waals surface area (Å²) in [6.45, 7) is 6.19. The predicted molar refractivity (Wildman–Crippen MR) is 59.1 cm³/mol. The van der Waals surface area contributed by atoms with Crippen molar-refractivity contribution in [3.63, 3.8) is 0 Å². The van der Waals surface area contributed by atoms with Crippen LogP contribution in [0.5, 0.6) is 0 Å². The molecule has 2 rings (SSSR count). The van der Waals surface area contributed by atoms with Crippen LogP contribution in [0.3, 0.4) is 0 Å². The van der Waals surface area contributed by atoms with Crippen LogP contribution >= 0.6 is 0 Å². The van der Waals surface area contributed by atoms with E-state index in [2.05, 4.69) is 13.8 Å². The molecule has 0 bridgehead atoms. The van der Waals surface area contributed by atoms with Gasteiger partial charge in [-0.15, -0.1) is 0 Å². The van der Waals surface area contributed by atoms with Gasteiger partial charge in [0.15, 0.2) is 11.6 Å². The summed E-state index contributed by atoms with van der Waals surface area (Å²) in [7, 11) is 0. The minimum Gasteiger partial charge on any atom is -0.204 e. The van der Waals surface area contributed by atoms with Gasteiger partial charge >= 0.3 is 0 Å². The Morgan fingerprint density at radius 1 is 1.27 bits per heavy atom. The Kier molecular flexibility index (Phi) is 4.25. The Bertz CT molecular complexity index is 332. The van der Waals surface area contributed by atoms with E-state index in [1.165, 1.54) is 12.5 Å². The van der Waals surface area contributed by atoms with Gasteiger partial charge in [-0.3, -0.25) is 0 Å². The lowest BCUT2D eigenvalue weighted by molar-refractivity contribution is 0.494. The maximum absolute atomic E-state index is 13.2. The number of fused-ring (bicyclic) bond motifs is 1. The smallest absolute Gasteiger partial charge is 0.162 e. The molecule has 0 heterocycles. The van der Waals surface area contributed by atoms with Crippen LogP contribution < -0.4 is 0 Å². The third kappa shape index (κ3) is 2.55. The van der Waals surface area contributed by atoms with Crippen molar-refractivity contribution in [1.29, 1.82) is 0 Å². The average molecular weight is 212 g/mol. The topological polar surface area (TPSA) is 0 Å². The highest BCUT2D eigenvalue weighted by Crippen LogP contribution is 2.35. The number of hydrogen-bond acceptors (Lipinski definition) is 0. The number of benzene rings is 1. The van der Waals surface area contributed by atoms with Gasteiger partial charge in [0.25, 0.3) is 0 Å². The van der Waals surface area contributed by atoms with Gasteiger partial charge in [-0.25, -0.2) is 8.78 Å². The first-order valence-electron chi connectivity index (χ1n) is 5.58. The van der Waals surface area contributed by atoms with Gasteiger partial charge in [-0.2, -0.15) is 0 Å². The van der Waals surface area contributed by atoms with E-state index in [1.807, 2.05) is 6.92 Å². The van der Waals surface area contributed by atoms with Gasteiger partial charge in [-0.1, -0.05) is 33.3 Å². The van der Waals surface area contributed by atoms with Crippen LogP contribution in [-0.4, -0.2) is 0 Å². The number of hydrogen-bond donors (Lipinski definition) is 0. The molecule has 1 aromatic rings. The van der Waals surface area contributed by atoms with Crippen LogP contribution in [0.15, 0.2) is 12.1 Å². The molecule has 1 unspecified atom stereocenters. The van der Waals surface area contributed by atoms with Crippen LogP contribution in [0, 0.1) is 11.6 Å². The summed E-state index contributed by atoms with van der Waals surface area (Å²) in [6.07, 6.45) is 3.07. The lowest BCUT2D eigenvalue weighted by Crippen LogP contribution is -1.95. The largest absolute Gasteiger partial charge is 0.204 e. The number of halogens is 2. The maximum atomic E-state index is 13.2. The van der Waals surface area contributed by atoms with Crippen molar-refractivity contribution < 1.29 is 8.78 Å². The summed E-state index contributed by atoms with van der Waals surface area (Å²) in [5.41, 5.74) is 1.57. The highest BCUT2D eigenvalue weighted by molar-refractivity contribution is 5.36. The molecule has 0 radical (unpaired) electrons. The average Bonchev–Trinajstić information content (AvgIpc) is 2.56. The van der Waals surface area contributed by atoms with Crippen molar-refractivity contribution in [2.24, 2.45) is 0 Å². The van der Waals surface area contributed by atoms with E-state index < -0.39 is 11.6 Å². The van der Waals surface area contributed by atoms with Gasteiger partial charge < -0.3 is 0 Å². The standard InChI is InChI=1S/C10H10F2.C3H8/c1-6-2-3-7-4-5-8(11)10(12)9(6)7;1-3-2/h4-6H,2-3H2,1H3;3H2,1-2H3. The van der Waals surface area contributed by atoms with E-state index in [0.29, 0.717) is 5.56 Å². The highest BCUT2D eigenvalue weighted by Gasteiger charge is 2.23. The Morgan fingerprint density at radius 3 is 2.47 bits per heavy atom. The fraction of sp³-hybridized carbons (Fsp3) is 0.538. The first-order valence-corrected chi connectivity index (χ1v) is 5.58. The van der Waals surface area contributed by atoms with Crippen LogP contribution in [0.25, 0.3) is 0 Å². The third-order valence-electron chi connectivity index (χ3n) is 2.56. The minimum absolute atomic E-state index is 0.177. The van der Waals surface area contributed by atoms with E-state index in [-0.39, 0.29) is 5.92 Å². The van der Waals surface area contributed by atoms with Gasteiger partial charge in [0.1, 0.15) is 0 Å². The normalized spacial score (nSPS) is 18.1. The molecule has 0 spiro atoms. The van der Waals surface area contributed by atoms with Crippen molar-refractivity contribution in [2.75, 3.05) is 0 Å².